The summed E-state index contributed by atoms with van der Waals surface area (Å²) in [6, 6.07) is 13.5. The Bertz CT molecular complexity index is 1440. The van der Waals surface area contributed by atoms with Gasteiger partial charge in [0.1, 0.15) is 28.7 Å². The topological polar surface area (TPSA) is 110 Å². The zero-order chi connectivity index (χ0) is 22.2. The molecule has 0 radical (unpaired) electrons. The molecule has 2 aromatic heterocycles. The summed E-state index contributed by atoms with van der Waals surface area (Å²) in [6.45, 7) is 1.88. The van der Waals surface area contributed by atoms with Crippen molar-refractivity contribution in [1.82, 2.24) is 14.8 Å². The maximum atomic E-state index is 13.2. The third kappa shape index (κ3) is 3.67. The van der Waals surface area contributed by atoms with Crippen molar-refractivity contribution < 1.29 is 17.5 Å². The molecule has 2 heterocycles. The molecule has 4 rings (SSSR count). The van der Waals surface area contributed by atoms with Crippen molar-refractivity contribution in [2.45, 2.75) is 11.8 Å². The number of pyridine rings is 1. The number of aromatic nitrogens is 3. The minimum absolute atomic E-state index is 0.00487. The summed E-state index contributed by atoms with van der Waals surface area (Å²) in [7, 11) is -2.58. The summed E-state index contributed by atoms with van der Waals surface area (Å²) in [5, 5.41) is 14.5. The number of nitrogens with one attached hydrogen (secondary N) is 1. The van der Waals surface area contributed by atoms with Gasteiger partial charge in [0.2, 0.25) is 0 Å². The lowest BCUT2D eigenvalue weighted by atomic mass is 10.1. The van der Waals surface area contributed by atoms with Crippen LogP contribution in [0.5, 0.6) is 5.75 Å². The lowest BCUT2D eigenvalue weighted by Gasteiger charge is -2.13. The number of rotatable bonds is 5. The molecule has 8 nitrogen and oxygen atoms in total. The van der Waals surface area contributed by atoms with Crippen LogP contribution in [0.25, 0.3) is 16.7 Å². The Kier molecular flexibility index (Phi) is 5.04. The van der Waals surface area contributed by atoms with E-state index in [0.29, 0.717) is 17.1 Å². The van der Waals surface area contributed by atoms with E-state index in [0.717, 1.165) is 35.2 Å². The number of halogens is 1. The number of ether oxygens (including phenoxy) is 1. The van der Waals surface area contributed by atoms with E-state index in [2.05, 4.69) is 14.8 Å². The molecule has 0 saturated heterocycles. The first-order chi connectivity index (χ1) is 14.8. The van der Waals surface area contributed by atoms with Gasteiger partial charge in [0, 0.05) is 5.39 Å². The highest BCUT2D eigenvalue weighted by atomic mass is 32.2. The van der Waals surface area contributed by atoms with Crippen LogP contribution in [0.3, 0.4) is 0 Å². The molecule has 0 amide bonds. The maximum Gasteiger partial charge on any atom is 0.263 e. The standard InChI is InChI=1S/C21H16FN5O3S/c1-13-10-19(25-20-17(13)4-3-5-18(20)30-2)27-21(14(11-23)12-24-27)26-31(28,29)16-8-6-15(22)7-9-16/h3-10,12,26H,1-2H3. The molecular weight excluding hydrogens is 421 g/mol. The van der Waals surface area contributed by atoms with Crippen LogP contribution < -0.4 is 9.46 Å². The van der Waals surface area contributed by atoms with Gasteiger partial charge in [-0.3, -0.25) is 4.72 Å². The van der Waals surface area contributed by atoms with Gasteiger partial charge in [-0.1, -0.05) is 12.1 Å². The highest BCUT2D eigenvalue weighted by molar-refractivity contribution is 7.92. The van der Waals surface area contributed by atoms with Gasteiger partial charge in [-0.25, -0.2) is 17.8 Å². The van der Waals surface area contributed by atoms with Crippen LogP contribution >= 0.6 is 0 Å². The number of nitrogens with zero attached hydrogens (tertiary/aromatic N) is 4. The molecule has 1 N–H and O–H groups in total. The molecule has 156 valence electrons. The lowest BCUT2D eigenvalue weighted by molar-refractivity contribution is 0.419. The van der Waals surface area contributed by atoms with E-state index < -0.39 is 15.8 Å². The number of benzene rings is 2. The molecule has 0 fully saturated rings. The summed E-state index contributed by atoms with van der Waals surface area (Å²) in [4.78, 5) is 4.42. The number of methoxy groups -OCH3 is 1. The van der Waals surface area contributed by atoms with E-state index in [1.54, 1.807) is 12.1 Å². The average molecular weight is 437 g/mol. The summed E-state index contributed by atoms with van der Waals surface area (Å²) in [6.07, 6.45) is 1.24. The summed E-state index contributed by atoms with van der Waals surface area (Å²) < 4.78 is 47.8. The molecule has 0 aliphatic heterocycles. The molecule has 0 aliphatic carbocycles. The van der Waals surface area contributed by atoms with Crippen LogP contribution in [-0.2, 0) is 10.0 Å². The first kappa shape index (κ1) is 20.3. The minimum atomic E-state index is -4.11. The quantitative estimate of drug-likeness (QED) is 0.511. The van der Waals surface area contributed by atoms with E-state index in [1.165, 1.54) is 18.0 Å². The molecule has 0 unspecified atom stereocenters. The predicted molar refractivity (Wildman–Crippen MR) is 112 cm³/mol. The second-order valence-corrected chi connectivity index (χ2v) is 8.33. The lowest BCUT2D eigenvalue weighted by Crippen LogP contribution is -2.17. The van der Waals surface area contributed by atoms with Crippen LogP contribution in [0.1, 0.15) is 11.1 Å². The maximum absolute atomic E-state index is 13.2. The van der Waals surface area contributed by atoms with Gasteiger partial charge in [-0.15, -0.1) is 0 Å². The van der Waals surface area contributed by atoms with E-state index >= 15 is 0 Å². The summed E-state index contributed by atoms with van der Waals surface area (Å²) in [5.74, 6) is 0.204. The fraction of sp³-hybridized carbons (Fsp3) is 0.0952. The van der Waals surface area contributed by atoms with Crippen LogP contribution in [0.4, 0.5) is 10.2 Å². The van der Waals surface area contributed by atoms with Gasteiger partial charge >= 0.3 is 0 Å². The number of sulfonamides is 1. The van der Waals surface area contributed by atoms with Crippen molar-refractivity contribution in [3.8, 4) is 17.6 Å². The zero-order valence-electron chi connectivity index (χ0n) is 16.5. The average Bonchev–Trinajstić information content (AvgIpc) is 3.15. The Morgan fingerprint density at radius 1 is 1.19 bits per heavy atom. The molecule has 0 atom stereocenters. The summed E-state index contributed by atoms with van der Waals surface area (Å²) >= 11 is 0. The van der Waals surface area contributed by atoms with Crippen LogP contribution in [0, 0.1) is 24.1 Å². The highest BCUT2D eigenvalue weighted by Gasteiger charge is 2.22. The van der Waals surface area contributed by atoms with Crippen molar-refractivity contribution >= 4 is 26.7 Å². The van der Waals surface area contributed by atoms with Gasteiger partial charge in [0.25, 0.3) is 10.0 Å². The molecular formula is C21H16FN5O3S. The Morgan fingerprint density at radius 2 is 1.94 bits per heavy atom. The number of anilines is 1. The van der Waals surface area contributed by atoms with Crippen molar-refractivity contribution in [3.63, 3.8) is 0 Å². The number of fused-ring (bicyclic) bond motifs is 1. The molecule has 4 aromatic rings. The Hall–Kier alpha value is -3.97. The van der Waals surface area contributed by atoms with Crippen molar-refractivity contribution in [2.75, 3.05) is 11.8 Å². The van der Waals surface area contributed by atoms with Gasteiger partial charge in [0.05, 0.1) is 18.2 Å². The fourth-order valence-electron chi connectivity index (χ4n) is 3.15. The third-order valence-electron chi connectivity index (χ3n) is 4.68. The normalized spacial score (nSPS) is 11.3. The van der Waals surface area contributed by atoms with Crippen molar-refractivity contribution in [1.29, 1.82) is 5.26 Å². The van der Waals surface area contributed by atoms with Gasteiger partial charge in [-0.2, -0.15) is 15.0 Å². The van der Waals surface area contributed by atoms with Crippen LogP contribution in [0.2, 0.25) is 0 Å². The minimum Gasteiger partial charge on any atom is -0.494 e. The Labute approximate surface area is 177 Å². The molecule has 31 heavy (non-hydrogen) atoms. The zero-order valence-corrected chi connectivity index (χ0v) is 17.3. The van der Waals surface area contributed by atoms with Crippen LogP contribution in [-0.4, -0.2) is 30.3 Å². The van der Waals surface area contributed by atoms with E-state index in [-0.39, 0.29) is 16.3 Å². The van der Waals surface area contributed by atoms with E-state index in [1.807, 2.05) is 25.1 Å². The number of para-hydroxylation sites is 1. The van der Waals surface area contributed by atoms with E-state index in [9.17, 15) is 18.1 Å². The molecule has 0 saturated carbocycles. The number of nitriles is 1. The summed E-state index contributed by atoms with van der Waals surface area (Å²) in [5.41, 5.74) is 1.44. The SMILES string of the molecule is COc1cccc2c(C)cc(-n3ncc(C#N)c3NS(=O)(=O)c3ccc(F)cc3)nc12. The second-order valence-electron chi connectivity index (χ2n) is 6.64. The second kappa shape index (κ2) is 7.70. The first-order valence-corrected chi connectivity index (χ1v) is 10.5. The number of aryl methyl sites for hydroxylation is 1. The van der Waals surface area contributed by atoms with Crippen molar-refractivity contribution in [2.24, 2.45) is 0 Å². The highest BCUT2D eigenvalue weighted by Crippen LogP contribution is 2.29. The first-order valence-electron chi connectivity index (χ1n) is 9.05. The monoisotopic (exact) mass is 437 g/mol. The molecule has 2 aromatic carbocycles. The molecule has 0 spiro atoms. The molecule has 10 heteroatoms. The Morgan fingerprint density at radius 3 is 2.61 bits per heavy atom. The van der Waals surface area contributed by atoms with Gasteiger partial charge < -0.3 is 4.74 Å². The van der Waals surface area contributed by atoms with Crippen molar-refractivity contribution in [3.05, 3.63) is 71.7 Å². The molecule has 0 bridgehead atoms. The third-order valence-corrected chi connectivity index (χ3v) is 6.03. The fourth-order valence-corrected chi connectivity index (χ4v) is 4.21. The number of hydrogen-bond donors (Lipinski definition) is 1. The molecule has 0 aliphatic rings. The van der Waals surface area contributed by atoms with Gasteiger partial charge in [-0.05, 0) is 48.9 Å². The smallest absolute Gasteiger partial charge is 0.263 e. The van der Waals surface area contributed by atoms with Crippen LogP contribution in [0.15, 0.2) is 59.6 Å². The Balaban J connectivity index is 1.86. The number of hydrogen-bond acceptors (Lipinski definition) is 6. The predicted octanol–water partition coefficient (Wildman–Crippen LogP) is 3.55. The van der Waals surface area contributed by atoms with E-state index in [4.69, 9.17) is 4.74 Å². The largest absolute Gasteiger partial charge is 0.494 e. The van der Waals surface area contributed by atoms with Gasteiger partial charge in [0.15, 0.2) is 11.6 Å².